The number of carbonyl (C=O) groups is 2. The highest BCUT2D eigenvalue weighted by atomic mass is 16.5. The number of aromatic nitrogens is 1. The van der Waals surface area contributed by atoms with Crippen LogP contribution in [0, 0.1) is 13.8 Å². The Morgan fingerprint density at radius 3 is 2.47 bits per heavy atom. The van der Waals surface area contributed by atoms with Crippen LogP contribution in [0.3, 0.4) is 0 Å². The molecular formula is C14H20N2O3. The largest absolute Gasteiger partial charge is 0.461 e. The van der Waals surface area contributed by atoms with Crippen molar-refractivity contribution < 1.29 is 14.3 Å². The zero-order chi connectivity index (χ0) is 14.6. The van der Waals surface area contributed by atoms with Crippen molar-refractivity contribution in [2.75, 3.05) is 20.7 Å². The molecule has 104 valence electrons. The molecule has 0 aromatic carbocycles. The number of H-pyrrole nitrogens is 1. The Balaban J connectivity index is 3.10. The predicted octanol–water partition coefficient (Wildman–Crippen LogP) is 2.07. The lowest BCUT2D eigenvalue weighted by Gasteiger charge is -2.03. The zero-order valence-electron chi connectivity index (χ0n) is 12.0. The number of ketones is 1. The number of hydrogen-bond donors (Lipinski definition) is 1. The van der Waals surface area contributed by atoms with Gasteiger partial charge in [0.05, 0.1) is 6.61 Å². The molecule has 19 heavy (non-hydrogen) atoms. The van der Waals surface area contributed by atoms with E-state index in [0.29, 0.717) is 29.1 Å². The zero-order valence-corrected chi connectivity index (χ0v) is 12.0. The number of aromatic amines is 1. The normalized spacial score (nSPS) is 10.8. The van der Waals surface area contributed by atoms with Crippen molar-refractivity contribution in [3.05, 3.63) is 34.8 Å². The number of carbonyl (C=O) groups excluding carboxylic acids is 2. The molecule has 0 atom stereocenters. The lowest BCUT2D eigenvalue weighted by Crippen LogP contribution is -2.07. The number of hydrogen-bond acceptors (Lipinski definition) is 4. The van der Waals surface area contributed by atoms with Gasteiger partial charge < -0.3 is 14.6 Å². The molecule has 1 aromatic rings. The van der Waals surface area contributed by atoms with Crippen molar-refractivity contribution in [1.82, 2.24) is 9.88 Å². The highest BCUT2D eigenvalue weighted by Crippen LogP contribution is 2.19. The minimum Gasteiger partial charge on any atom is -0.461 e. The van der Waals surface area contributed by atoms with Gasteiger partial charge in [0.1, 0.15) is 5.69 Å². The van der Waals surface area contributed by atoms with E-state index in [1.165, 1.54) is 6.08 Å². The van der Waals surface area contributed by atoms with Crippen molar-refractivity contribution in [2.45, 2.75) is 20.8 Å². The van der Waals surface area contributed by atoms with Gasteiger partial charge >= 0.3 is 5.97 Å². The van der Waals surface area contributed by atoms with Crippen LogP contribution in [-0.4, -0.2) is 42.3 Å². The van der Waals surface area contributed by atoms with Crippen molar-refractivity contribution >= 4 is 11.8 Å². The second kappa shape index (κ2) is 6.22. The second-order valence-electron chi connectivity index (χ2n) is 4.49. The Morgan fingerprint density at radius 2 is 1.95 bits per heavy atom. The van der Waals surface area contributed by atoms with E-state index in [1.807, 2.05) is 14.1 Å². The minimum absolute atomic E-state index is 0.129. The number of esters is 1. The van der Waals surface area contributed by atoms with Crippen LogP contribution in [0.2, 0.25) is 0 Å². The molecule has 1 N–H and O–H groups in total. The summed E-state index contributed by atoms with van der Waals surface area (Å²) >= 11 is 0. The molecule has 0 amide bonds. The second-order valence-corrected chi connectivity index (χ2v) is 4.49. The molecular weight excluding hydrogens is 244 g/mol. The van der Waals surface area contributed by atoms with Crippen molar-refractivity contribution in [3.8, 4) is 0 Å². The number of nitrogens with zero attached hydrogens (tertiary/aromatic N) is 1. The maximum Gasteiger partial charge on any atom is 0.355 e. The van der Waals surface area contributed by atoms with E-state index in [4.69, 9.17) is 4.74 Å². The van der Waals surface area contributed by atoms with Gasteiger partial charge in [0.2, 0.25) is 0 Å². The molecule has 0 spiro atoms. The van der Waals surface area contributed by atoms with E-state index >= 15 is 0 Å². The van der Waals surface area contributed by atoms with Gasteiger partial charge in [0.25, 0.3) is 0 Å². The third-order valence-electron chi connectivity index (χ3n) is 2.69. The fourth-order valence-electron chi connectivity index (χ4n) is 1.83. The molecule has 5 heteroatoms. The maximum atomic E-state index is 12.1. The minimum atomic E-state index is -0.432. The number of aryl methyl sites for hydroxylation is 1. The molecule has 0 saturated heterocycles. The summed E-state index contributed by atoms with van der Waals surface area (Å²) in [4.78, 5) is 28.5. The molecule has 0 bridgehead atoms. The average molecular weight is 264 g/mol. The van der Waals surface area contributed by atoms with Crippen LogP contribution in [0.5, 0.6) is 0 Å². The summed E-state index contributed by atoms with van der Waals surface area (Å²) in [5.74, 6) is -0.561. The van der Waals surface area contributed by atoms with Crippen molar-refractivity contribution in [3.63, 3.8) is 0 Å². The summed E-state index contributed by atoms with van der Waals surface area (Å²) < 4.78 is 4.95. The van der Waals surface area contributed by atoms with Crippen LogP contribution in [0.1, 0.15) is 39.0 Å². The van der Waals surface area contributed by atoms with Gasteiger partial charge in [-0.2, -0.15) is 0 Å². The first kappa shape index (κ1) is 15.0. The summed E-state index contributed by atoms with van der Waals surface area (Å²) in [6, 6.07) is 0. The predicted molar refractivity (Wildman–Crippen MR) is 73.4 cm³/mol. The molecule has 0 fully saturated rings. The van der Waals surface area contributed by atoms with Gasteiger partial charge in [0.15, 0.2) is 5.78 Å². The molecule has 0 unspecified atom stereocenters. The van der Waals surface area contributed by atoms with Gasteiger partial charge in [-0.15, -0.1) is 0 Å². The molecule has 5 nitrogen and oxygen atoms in total. The van der Waals surface area contributed by atoms with Gasteiger partial charge in [0, 0.05) is 37.6 Å². The monoisotopic (exact) mass is 264 g/mol. The standard InChI is InChI=1S/C14H20N2O3/c1-6-19-14(18)13-9(2)12(10(3)15-13)11(17)7-8-16(4)5/h7-8,15H,6H2,1-5H3. The molecule has 0 saturated carbocycles. The molecule has 1 rings (SSSR count). The fourth-order valence-corrected chi connectivity index (χ4v) is 1.83. The highest BCUT2D eigenvalue weighted by molar-refractivity contribution is 6.08. The quantitative estimate of drug-likeness (QED) is 0.502. The summed E-state index contributed by atoms with van der Waals surface area (Å²) in [6.45, 7) is 5.56. The van der Waals surface area contributed by atoms with Gasteiger partial charge in [-0.25, -0.2) is 4.79 Å². The van der Waals surface area contributed by atoms with Crippen molar-refractivity contribution in [1.29, 1.82) is 0 Å². The Hall–Kier alpha value is -2.04. The van der Waals surface area contributed by atoms with Crippen LogP contribution in [0.25, 0.3) is 0 Å². The molecule has 1 aromatic heterocycles. The maximum absolute atomic E-state index is 12.1. The smallest absolute Gasteiger partial charge is 0.355 e. The van der Waals surface area contributed by atoms with E-state index in [2.05, 4.69) is 4.98 Å². The Morgan fingerprint density at radius 1 is 1.32 bits per heavy atom. The Labute approximate surface area is 113 Å². The summed E-state index contributed by atoms with van der Waals surface area (Å²) in [5, 5.41) is 0. The number of allylic oxidation sites excluding steroid dienone is 1. The lowest BCUT2D eigenvalue weighted by atomic mass is 10.1. The van der Waals surface area contributed by atoms with Crippen LogP contribution in [0.15, 0.2) is 12.3 Å². The first-order valence-electron chi connectivity index (χ1n) is 6.13. The topological polar surface area (TPSA) is 62.4 Å². The average Bonchev–Trinajstić information content (AvgIpc) is 2.62. The van der Waals surface area contributed by atoms with Gasteiger partial charge in [-0.1, -0.05) is 0 Å². The van der Waals surface area contributed by atoms with Crippen molar-refractivity contribution in [2.24, 2.45) is 0 Å². The van der Waals surface area contributed by atoms with Gasteiger partial charge in [-0.05, 0) is 26.3 Å². The van der Waals surface area contributed by atoms with Crippen LogP contribution >= 0.6 is 0 Å². The molecule has 0 radical (unpaired) electrons. The summed E-state index contributed by atoms with van der Waals surface area (Å²) in [6.07, 6.45) is 3.16. The van der Waals surface area contributed by atoms with Gasteiger partial charge in [-0.3, -0.25) is 4.79 Å². The van der Waals surface area contributed by atoms with E-state index in [-0.39, 0.29) is 5.78 Å². The first-order chi connectivity index (χ1) is 8.88. The number of ether oxygens (including phenoxy) is 1. The van der Waals surface area contributed by atoms with Crippen LogP contribution in [0.4, 0.5) is 0 Å². The van der Waals surface area contributed by atoms with E-state index in [1.54, 1.807) is 31.9 Å². The van der Waals surface area contributed by atoms with E-state index in [0.717, 1.165) is 0 Å². The molecule has 0 aliphatic heterocycles. The summed E-state index contributed by atoms with van der Waals surface area (Å²) in [5.41, 5.74) is 2.18. The Kier molecular flexibility index (Phi) is 4.92. The molecule has 1 heterocycles. The molecule has 0 aliphatic carbocycles. The number of nitrogens with one attached hydrogen (secondary N) is 1. The van der Waals surface area contributed by atoms with E-state index in [9.17, 15) is 9.59 Å². The summed E-state index contributed by atoms with van der Waals surface area (Å²) in [7, 11) is 3.68. The third-order valence-corrected chi connectivity index (χ3v) is 2.69. The first-order valence-corrected chi connectivity index (χ1v) is 6.13. The lowest BCUT2D eigenvalue weighted by molar-refractivity contribution is 0.0519. The SMILES string of the molecule is CCOC(=O)c1[nH]c(C)c(C(=O)C=CN(C)C)c1C. The van der Waals surface area contributed by atoms with E-state index < -0.39 is 5.97 Å². The van der Waals surface area contributed by atoms with Crippen LogP contribution in [-0.2, 0) is 4.74 Å². The molecule has 0 aliphatic rings. The third kappa shape index (κ3) is 3.47. The van der Waals surface area contributed by atoms with Crippen LogP contribution < -0.4 is 0 Å². The fraction of sp³-hybridized carbons (Fsp3) is 0.429. The Bertz CT molecular complexity index is 513. The highest BCUT2D eigenvalue weighted by Gasteiger charge is 2.21. The number of rotatable bonds is 5.